The first-order valence-electron chi connectivity index (χ1n) is 21.4. The van der Waals surface area contributed by atoms with Crippen LogP contribution in [-0.2, 0) is 50.9 Å². The molecule has 28 heteroatoms. The fraction of sp³-hybridized carbons (Fsp3) is 0.946. The summed E-state index contributed by atoms with van der Waals surface area (Å²) in [6.07, 6.45) is 5.23. The molecule has 0 radical (unpaired) electrons. The molecule has 1 aliphatic rings. The monoisotopic (exact) mass is 1040 g/mol. The van der Waals surface area contributed by atoms with E-state index in [4.69, 9.17) is 19.7 Å². The Morgan fingerprint density at radius 1 is 0.508 bits per heavy atom. The van der Waals surface area contributed by atoms with Gasteiger partial charge >= 0.3 is 160 Å². The Balaban J connectivity index is -0.00000240. The number of hydrogen-bond acceptors (Lipinski definition) is 20. The second-order valence-corrected chi connectivity index (χ2v) is 18.9. The summed E-state index contributed by atoms with van der Waals surface area (Å²) in [6, 6.07) is 0. The summed E-state index contributed by atoms with van der Waals surface area (Å²) in [5.74, 6) is -1.38. The minimum absolute atomic E-state index is 0. The molecule has 0 bridgehead atoms. The van der Waals surface area contributed by atoms with Crippen LogP contribution in [0.25, 0.3) is 0 Å². The molecule has 1 aliphatic carbocycles. The number of nitrogens with two attached hydrogens (primary N) is 1. The number of rotatable bonds is 37. The van der Waals surface area contributed by atoms with Gasteiger partial charge in [0.25, 0.3) is 7.82 Å². The molecule has 0 spiro atoms. The molecule has 0 aliphatic heterocycles. The average Bonchev–Trinajstić information content (AvgIpc) is 3.16. The van der Waals surface area contributed by atoms with Crippen molar-refractivity contribution in [2.45, 2.75) is 204 Å². The molecule has 0 aromatic rings. The van der Waals surface area contributed by atoms with Crippen LogP contribution in [-0.4, -0.2) is 89.7 Å². The van der Waals surface area contributed by atoms with E-state index < -0.39 is 91.3 Å². The van der Waals surface area contributed by atoms with Crippen molar-refractivity contribution in [2.75, 3.05) is 19.8 Å². The molecular formula is C37H69NNa5O19P3. The Kier molecular flexibility index (Phi) is 54.6. The van der Waals surface area contributed by atoms with Crippen LogP contribution in [0.15, 0.2) is 0 Å². The van der Waals surface area contributed by atoms with Crippen molar-refractivity contribution >= 4 is 35.4 Å². The standard InChI is InChI=1S/C37H74NO19P3.5Na/c1-2-3-4-5-6-7-8-9-10-12-16-19-22-25-31(40)54-29(27-52-30(39)24-21-18-15-13-11-14-17-20-23-26-38)28-53-60(50,51)57-35-32(41)33(42)36(55-58(44,45)46)37(34(35)43)56-59(47,48)49;;;;;/h29,32-37,41-43H,2-28,38H2,1H3,(H,50,51)(H2,44,45,46)(H2,47,48,49);;;;;/q;5*+1/p-5/t29-,32?,33?,34?,35?,36?,37?;;;;;/m1...../s1. The van der Waals surface area contributed by atoms with E-state index in [1.54, 1.807) is 0 Å². The Hall–Kier alpha value is 4.11. The second kappa shape index (κ2) is 45.5. The van der Waals surface area contributed by atoms with Crippen LogP contribution in [0, 0.1) is 0 Å². The van der Waals surface area contributed by atoms with E-state index in [1.165, 1.54) is 44.9 Å². The zero-order valence-corrected chi connectivity index (χ0v) is 52.6. The van der Waals surface area contributed by atoms with Crippen LogP contribution >= 0.6 is 23.5 Å². The molecule has 1 rings (SSSR count). The first kappa shape index (κ1) is 78.0. The maximum atomic E-state index is 12.9. The Morgan fingerprint density at radius 2 is 0.862 bits per heavy atom. The number of aliphatic hydroxyl groups excluding tert-OH is 3. The fourth-order valence-corrected chi connectivity index (χ4v) is 8.79. The van der Waals surface area contributed by atoms with Crippen molar-refractivity contribution in [1.82, 2.24) is 0 Å². The topological polar surface area (TPSA) is 343 Å². The van der Waals surface area contributed by atoms with Crippen LogP contribution in [0.5, 0.6) is 0 Å². The van der Waals surface area contributed by atoms with Crippen molar-refractivity contribution in [2.24, 2.45) is 5.73 Å². The summed E-state index contributed by atoms with van der Waals surface area (Å²) in [6.45, 7) is 1.24. The normalized spacial score (nSPS) is 20.9. The van der Waals surface area contributed by atoms with E-state index in [-0.39, 0.29) is 161 Å². The van der Waals surface area contributed by atoms with Gasteiger partial charge < -0.3 is 82.2 Å². The van der Waals surface area contributed by atoms with E-state index in [9.17, 15) is 63.1 Å². The van der Waals surface area contributed by atoms with Crippen LogP contribution in [0.2, 0.25) is 0 Å². The van der Waals surface area contributed by atoms with Crippen LogP contribution in [0.1, 0.15) is 161 Å². The van der Waals surface area contributed by atoms with Gasteiger partial charge in [-0.3, -0.25) is 14.2 Å². The number of carbonyl (C=O) groups excluding carboxylic acids is 2. The largest absolute Gasteiger partial charge is 1.00 e. The van der Waals surface area contributed by atoms with E-state index >= 15 is 0 Å². The molecule has 8 atom stereocenters. The van der Waals surface area contributed by atoms with E-state index in [1.807, 2.05) is 0 Å². The maximum Gasteiger partial charge on any atom is 1.00 e. The van der Waals surface area contributed by atoms with Crippen molar-refractivity contribution < 1.29 is 238 Å². The predicted molar refractivity (Wildman–Crippen MR) is 208 cm³/mol. The minimum atomic E-state index is -6.15. The van der Waals surface area contributed by atoms with Crippen LogP contribution in [0.3, 0.4) is 0 Å². The Labute approximate surface area is 496 Å². The summed E-state index contributed by atoms with van der Waals surface area (Å²) in [5.41, 5.74) is 5.51. The summed E-state index contributed by atoms with van der Waals surface area (Å²) >= 11 is 0. The number of ether oxygens (including phenoxy) is 2. The van der Waals surface area contributed by atoms with Crippen LogP contribution < -0.4 is 178 Å². The predicted octanol–water partition coefficient (Wildman–Crippen LogP) is -12.8. The van der Waals surface area contributed by atoms with Gasteiger partial charge in [-0.15, -0.1) is 0 Å². The van der Waals surface area contributed by atoms with Crippen molar-refractivity contribution in [3.63, 3.8) is 0 Å². The van der Waals surface area contributed by atoms with Gasteiger partial charge in [0.05, 0.1) is 22.3 Å². The molecule has 0 heterocycles. The zero-order valence-electron chi connectivity index (χ0n) is 39.9. The SMILES string of the molecule is CCCCCCCCCCCCCCCC(=O)O[C@H](COC(=O)CCCCCCCCCCCN)COP(=O)([O-])OC1C(O)C(O)C(OP(=O)([O-])[O-])C(OP(=O)([O-])[O-])C1O.[Na+].[Na+].[Na+].[Na+].[Na+]. The number of unbranched alkanes of at least 4 members (excludes halogenated alkanes) is 20. The van der Waals surface area contributed by atoms with Gasteiger partial charge in [-0.1, -0.05) is 129 Å². The van der Waals surface area contributed by atoms with Crippen LogP contribution in [0.4, 0.5) is 0 Å². The van der Waals surface area contributed by atoms with Crippen molar-refractivity contribution in [3.8, 4) is 0 Å². The summed E-state index contributed by atoms with van der Waals surface area (Å²) in [4.78, 5) is 83.1. The molecule has 65 heavy (non-hydrogen) atoms. The van der Waals surface area contributed by atoms with Gasteiger partial charge in [0.2, 0.25) is 0 Å². The van der Waals surface area contributed by atoms with E-state index in [0.29, 0.717) is 19.4 Å². The molecule has 0 aromatic carbocycles. The summed E-state index contributed by atoms with van der Waals surface area (Å²) in [5, 5.41) is 31.4. The van der Waals surface area contributed by atoms with Crippen molar-refractivity contribution in [3.05, 3.63) is 0 Å². The Bertz CT molecular complexity index is 1330. The molecule has 1 fully saturated rings. The van der Waals surface area contributed by atoms with Gasteiger partial charge in [-0.25, -0.2) is 0 Å². The van der Waals surface area contributed by atoms with Crippen molar-refractivity contribution in [1.29, 1.82) is 0 Å². The first-order valence-corrected chi connectivity index (χ1v) is 25.8. The fourth-order valence-electron chi connectivity index (χ4n) is 6.75. The molecule has 1 saturated carbocycles. The van der Waals surface area contributed by atoms with E-state index in [0.717, 1.165) is 83.5 Å². The third-order valence-corrected chi connectivity index (χ3v) is 12.0. The van der Waals surface area contributed by atoms with Gasteiger partial charge in [-0.05, 0) is 25.8 Å². The third kappa shape index (κ3) is 41.1. The minimum Gasteiger partial charge on any atom is -0.790 e. The molecule has 5 N–H and O–H groups in total. The summed E-state index contributed by atoms with van der Waals surface area (Å²) < 4.78 is 63.5. The maximum absolute atomic E-state index is 12.9. The number of carbonyl (C=O) groups is 2. The second-order valence-electron chi connectivity index (χ2n) is 15.3. The van der Waals surface area contributed by atoms with Gasteiger partial charge in [0, 0.05) is 12.8 Å². The van der Waals surface area contributed by atoms with E-state index in [2.05, 4.69) is 20.5 Å². The number of esters is 2. The zero-order chi connectivity index (χ0) is 45.0. The molecule has 0 saturated heterocycles. The number of phosphoric ester groups is 3. The number of hydrogen-bond donors (Lipinski definition) is 4. The average molecular weight is 1040 g/mol. The Morgan fingerprint density at radius 3 is 1.26 bits per heavy atom. The number of phosphoric acid groups is 3. The smallest absolute Gasteiger partial charge is 0.790 e. The molecule has 0 amide bonds. The van der Waals surface area contributed by atoms with Gasteiger partial charge in [0.15, 0.2) is 6.10 Å². The van der Waals surface area contributed by atoms with Gasteiger partial charge in [-0.2, -0.15) is 0 Å². The quantitative estimate of drug-likeness (QED) is 0.0194. The number of aliphatic hydroxyl groups is 3. The molecule has 0 aromatic heterocycles. The molecular weight excluding hydrogens is 970 g/mol. The third-order valence-electron chi connectivity index (χ3n) is 9.99. The van der Waals surface area contributed by atoms with Gasteiger partial charge in [0.1, 0.15) is 43.2 Å². The molecule has 20 nitrogen and oxygen atoms in total. The molecule has 7 unspecified atom stereocenters. The molecule has 356 valence electrons. The first-order chi connectivity index (χ1) is 28.3. The summed E-state index contributed by atoms with van der Waals surface area (Å²) in [7, 11) is -18.0.